The van der Waals surface area contributed by atoms with E-state index in [9.17, 15) is 5.11 Å². The summed E-state index contributed by atoms with van der Waals surface area (Å²) in [7, 11) is 0. The zero-order chi connectivity index (χ0) is 29.6. The molecular weight excluding hydrogens is 524 g/mol. The number of hydrogen-bond donors (Lipinski definition) is 1. The van der Waals surface area contributed by atoms with Crippen LogP contribution in [-0.4, -0.2) is 79.9 Å². The van der Waals surface area contributed by atoms with Crippen molar-refractivity contribution in [2.24, 2.45) is 0 Å². The molecule has 3 fully saturated rings. The molecule has 0 radical (unpaired) electrons. The molecule has 1 unspecified atom stereocenters. The first-order chi connectivity index (χ1) is 19.7. The summed E-state index contributed by atoms with van der Waals surface area (Å²) < 4.78 is 42.3. The lowest BCUT2D eigenvalue weighted by Gasteiger charge is -2.27. The molecule has 8 heteroatoms. The van der Waals surface area contributed by atoms with E-state index in [1.807, 2.05) is 27.7 Å². The molecule has 41 heavy (non-hydrogen) atoms. The van der Waals surface area contributed by atoms with E-state index in [1.165, 1.54) is 89.9 Å². The number of aliphatic hydroxyl groups is 1. The fraction of sp³-hybridized carbons (Fsp3) is 1.00. The molecule has 1 N–H and O–H groups in total. The van der Waals surface area contributed by atoms with Gasteiger partial charge in [0, 0.05) is 6.61 Å². The van der Waals surface area contributed by atoms with Crippen LogP contribution in [0.25, 0.3) is 0 Å². The molecule has 3 heterocycles. The highest BCUT2D eigenvalue weighted by Gasteiger charge is 2.59. The molecule has 242 valence electrons. The Hall–Kier alpha value is -0.320. The Balaban J connectivity index is 1.20. The molecule has 0 bridgehead atoms. The maximum Gasteiger partial charge on any atom is 0.187 e. The molecule has 3 rings (SSSR count). The second-order valence-electron chi connectivity index (χ2n) is 13.2. The lowest BCUT2D eigenvalue weighted by molar-refractivity contribution is -0.252. The Morgan fingerprint density at radius 3 is 1.73 bits per heavy atom. The van der Waals surface area contributed by atoms with Crippen molar-refractivity contribution in [1.29, 1.82) is 0 Å². The summed E-state index contributed by atoms with van der Waals surface area (Å²) in [6, 6.07) is 0. The normalized spacial score (nSPS) is 29.3. The number of hydrogen-bond acceptors (Lipinski definition) is 8. The molecule has 0 spiro atoms. The van der Waals surface area contributed by atoms with E-state index in [0.29, 0.717) is 13.2 Å². The van der Waals surface area contributed by atoms with E-state index in [4.69, 9.17) is 33.2 Å². The average molecular weight is 587 g/mol. The first-order valence-corrected chi connectivity index (χ1v) is 16.9. The summed E-state index contributed by atoms with van der Waals surface area (Å²) in [5.41, 5.74) is 0. The van der Waals surface area contributed by atoms with Crippen LogP contribution >= 0.6 is 0 Å². The predicted molar refractivity (Wildman–Crippen MR) is 160 cm³/mol. The summed E-state index contributed by atoms with van der Waals surface area (Å²) in [5.74, 6) is -1.38. The van der Waals surface area contributed by atoms with Gasteiger partial charge in [0.1, 0.15) is 30.5 Å². The van der Waals surface area contributed by atoms with Crippen molar-refractivity contribution in [3.8, 4) is 0 Å². The van der Waals surface area contributed by atoms with Crippen LogP contribution in [-0.2, 0) is 33.2 Å². The molecular formula is C33H62O8. The molecule has 0 aromatic heterocycles. The van der Waals surface area contributed by atoms with Gasteiger partial charge in [-0.15, -0.1) is 0 Å². The largest absolute Gasteiger partial charge is 0.394 e. The van der Waals surface area contributed by atoms with Crippen molar-refractivity contribution in [2.45, 2.75) is 186 Å². The van der Waals surface area contributed by atoms with Crippen LogP contribution < -0.4 is 0 Å². The Labute approximate surface area is 250 Å². The first-order valence-electron chi connectivity index (χ1n) is 16.9. The van der Waals surface area contributed by atoms with Crippen LogP contribution in [0.1, 0.15) is 137 Å². The van der Waals surface area contributed by atoms with Gasteiger partial charge in [-0.05, 0) is 34.1 Å². The third kappa shape index (κ3) is 12.7. The fourth-order valence-corrected chi connectivity index (χ4v) is 6.16. The second kappa shape index (κ2) is 18.5. The molecule has 3 aliphatic rings. The third-order valence-corrected chi connectivity index (χ3v) is 8.45. The zero-order valence-corrected chi connectivity index (χ0v) is 26.9. The van der Waals surface area contributed by atoms with Gasteiger partial charge in [-0.25, -0.2) is 0 Å². The Kier molecular flexibility index (Phi) is 15.8. The van der Waals surface area contributed by atoms with Crippen LogP contribution in [0.4, 0.5) is 0 Å². The van der Waals surface area contributed by atoms with Gasteiger partial charge < -0.3 is 38.3 Å². The summed E-state index contributed by atoms with van der Waals surface area (Å²) in [6.07, 6.45) is 19.2. The van der Waals surface area contributed by atoms with E-state index < -0.39 is 24.0 Å². The van der Waals surface area contributed by atoms with Gasteiger partial charge in [0.25, 0.3) is 0 Å². The van der Waals surface area contributed by atoms with Gasteiger partial charge >= 0.3 is 0 Å². The Morgan fingerprint density at radius 2 is 1.22 bits per heavy atom. The number of unbranched alkanes of at least 4 members (excludes halogenated alkanes) is 15. The first kappa shape index (κ1) is 35.2. The van der Waals surface area contributed by atoms with Gasteiger partial charge in [0.2, 0.25) is 0 Å². The lowest BCUT2D eigenvalue weighted by atomic mass is 10.0. The van der Waals surface area contributed by atoms with Crippen molar-refractivity contribution < 1.29 is 38.3 Å². The molecule has 0 aromatic rings. The quantitative estimate of drug-likeness (QED) is 0.128. The lowest BCUT2D eigenvalue weighted by Crippen LogP contribution is -2.40. The minimum absolute atomic E-state index is 0.0975. The number of ether oxygens (including phenoxy) is 7. The summed E-state index contributed by atoms with van der Waals surface area (Å²) in [5, 5.41) is 9.85. The monoisotopic (exact) mass is 586 g/mol. The zero-order valence-electron chi connectivity index (χ0n) is 26.9. The van der Waals surface area contributed by atoms with Crippen molar-refractivity contribution in [1.82, 2.24) is 0 Å². The summed E-state index contributed by atoms with van der Waals surface area (Å²) >= 11 is 0. The van der Waals surface area contributed by atoms with Crippen molar-refractivity contribution in [2.75, 3.05) is 26.4 Å². The minimum atomic E-state index is -0.728. The fourth-order valence-electron chi connectivity index (χ4n) is 6.16. The van der Waals surface area contributed by atoms with E-state index in [0.717, 1.165) is 12.8 Å². The van der Waals surface area contributed by atoms with E-state index >= 15 is 0 Å². The third-order valence-electron chi connectivity index (χ3n) is 8.45. The predicted octanol–water partition coefficient (Wildman–Crippen LogP) is 7.04. The molecule has 0 amide bonds. The second-order valence-corrected chi connectivity index (χ2v) is 13.2. The molecule has 6 atom stereocenters. The van der Waals surface area contributed by atoms with Gasteiger partial charge in [0.05, 0.1) is 19.8 Å². The SMILES string of the molecule is CCCCCCCCCCCCCCCCCCOC(CO)CO[C@H]1O[C@H]([C@H]2COC(C)(C)O2)[C@@H]2OC(C)(C)O[C@H]12. The highest BCUT2D eigenvalue weighted by molar-refractivity contribution is 4.99. The molecule has 0 aromatic carbocycles. The number of aliphatic hydroxyl groups excluding tert-OH is 1. The van der Waals surface area contributed by atoms with Gasteiger partial charge in [0.15, 0.2) is 17.9 Å². The van der Waals surface area contributed by atoms with E-state index in [2.05, 4.69) is 6.92 Å². The highest BCUT2D eigenvalue weighted by Crippen LogP contribution is 2.42. The molecule has 3 saturated heterocycles. The van der Waals surface area contributed by atoms with Crippen LogP contribution in [0.5, 0.6) is 0 Å². The topological polar surface area (TPSA) is 84.8 Å². The standard InChI is InChI=1S/C33H62O8/c1-6-7-8-9-10-11-12-13-14-15-16-17-18-19-20-21-22-35-26(23-34)24-36-31-30-29(40-33(4,5)41-30)28(38-31)27-25-37-32(2,3)39-27/h26-31,34H,6-25H2,1-5H3/t26?,27-,28-,29+,30+,31+/m1/s1. The number of fused-ring (bicyclic) bond motifs is 1. The maximum absolute atomic E-state index is 9.85. The summed E-state index contributed by atoms with van der Waals surface area (Å²) in [6.45, 7) is 11.1. The average Bonchev–Trinajstić information content (AvgIpc) is 3.56. The smallest absolute Gasteiger partial charge is 0.187 e. The van der Waals surface area contributed by atoms with Crippen LogP contribution in [0, 0.1) is 0 Å². The van der Waals surface area contributed by atoms with E-state index in [-0.39, 0.29) is 37.6 Å². The van der Waals surface area contributed by atoms with Crippen molar-refractivity contribution in [3.05, 3.63) is 0 Å². The Bertz CT molecular complexity index is 686. The van der Waals surface area contributed by atoms with Crippen LogP contribution in [0.15, 0.2) is 0 Å². The van der Waals surface area contributed by atoms with E-state index in [1.54, 1.807) is 0 Å². The van der Waals surface area contributed by atoms with Crippen molar-refractivity contribution >= 4 is 0 Å². The number of rotatable bonds is 23. The maximum atomic E-state index is 9.85. The van der Waals surface area contributed by atoms with Gasteiger partial charge in [-0.2, -0.15) is 0 Å². The molecule has 8 nitrogen and oxygen atoms in total. The molecule has 0 aliphatic carbocycles. The van der Waals surface area contributed by atoms with Gasteiger partial charge in [-0.1, -0.05) is 103 Å². The highest BCUT2D eigenvalue weighted by atomic mass is 16.8. The van der Waals surface area contributed by atoms with Gasteiger partial charge in [-0.3, -0.25) is 0 Å². The Morgan fingerprint density at radius 1 is 0.683 bits per heavy atom. The molecule has 0 saturated carbocycles. The van der Waals surface area contributed by atoms with Crippen LogP contribution in [0.2, 0.25) is 0 Å². The minimum Gasteiger partial charge on any atom is -0.394 e. The molecule has 3 aliphatic heterocycles. The van der Waals surface area contributed by atoms with Crippen molar-refractivity contribution in [3.63, 3.8) is 0 Å². The van der Waals surface area contributed by atoms with Crippen LogP contribution in [0.3, 0.4) is 0 Å². The summed E-state index contributed by atoms with van der Waals surface area (Å²) in [4.78, 5) is 0.